The van der Waals surface area contributed by atoms with Gasteiger partial charge >= 0.3 is 5.97 Å². The molecule has 1 N–H and O–H groups in total. The highest BCUT2D eigenvalue weighted by atomic mass is 16.5. The lowest BCUT2D eigenvalue weighted by atomic mass is 9.98. The van der Waals surface area contributed by atoms with Crippen LogP contribution in [0.25, 0.3) is 5.57 Å². The van der Waals surface area contributed by atoms with Crippen molar-refractivity contribution in [2.45, 2.75) is 6.42 Å². The number of benzene rings is 3. The summed E-state index contributed by atoms with van der Waals surface area (Å²) in [5.74, 6) is -0.118. The minimum atomic E-state index is -0.836. The largest absolute Gasteiger partial charge is 0.490 e. The van der Waals surface area contributed by atoms with Crippen LogP contribution in [0.2, 0.25) is 0 Å². The molecular weight excluding hydrogens is 324 g/mol. The van der Waals surface area contributed by atoms with Gasteiger partial charge in [0, 0.05) is 0 Å². The molecule has 0 fully saturated rings. The van der Waals surface area contributed by atoms with Crippen LogP contribution in [-0.4, -0.2) is 17.7 Å². The Morgan fingerprint density at radius 2 is 1.35 bits per heavy atom. The summed E-state index contributed by atoms with van der Waals surface area (Å²) in [4.78, 5) is 10.7. The monoisotopic (exact) mass is 344 g/mol. The van der Waals surface area contributed by atoms with Crippen molar-refractivity contribution in [3.63, 3.8) is 0 Å². The first kappa shape index (κ1) is 17.5. The van der Waals surface area contributed by atoms with E-state index in [0.717, 1.165) is 28.0 Å². The number of carboxylic acids is 1. The van der Waals surface area contributed by atoms with Gasteiger partial charge in [-0.1, -0.05) is 72.8 Å². The van der Waals surface area contributed by atoms with Crippen LogP contribution in [0.4, 0.5) is 0 Å². The first-order valence-electron chi connectivity index (χ1n) is 8.47. The second kappa shape index (κ2) is 8.67. The van der Waals surface area contributed by atoms with E-state index in [1.165, 1.54) is 0 Å². The van der Waals surface area contributed by atoms with Gasteiger partial charge in [0.25, 0.3) is 0 Å². The minimum Gasteiger partial charge on any atom is -0.490 e. The van der Waals surface area contributed by atoms with Gasteiger partial charge in [0.1, 0.15) is 12.4 Å². The molecule has 0 radical (unpaired) electrons. The molecule has 3 rings (SSSR count). The number of carbonyl (C=O) groups is 1. The molecule has 0 heterocycles. The highest BCUT2D eigenvalue weighted by molar-refractivity contribution is 5.79. The van der Waals surface area contributed by atoms with E-state index in [2.05, 4.69) is 30.3 Å². The molecule has 0 saturated heterocycles. The summed E-state index contributed by atoms with van der Waals surface area (Å²) in [5, 5.41) is 8.82. The standard InChI is InChI=1S/C23H20O3/c24-23(25)17-18-11-13-21(14-12-18)26-16-15-22(19-7-3-1-4-8-19)20-9-5-2-6-10-20/h1-15H,16-17H2,(H,24,25). The van der Waals surface area contributed by atoms with Crippen molar-refractivity contribution in [2.24, 2.45) is 0 Å². The van der Waals surface area contributed by atoms with Crippen LogP contribution >= 0.6 is 0 Å². The first-order valence-corrected chi connectivity index (χ1v) is 8.47. The van der Waals surface area contributed by atoms with Crippen LogP contribution in [0, 0.1) is 0 Å². The Labute approximate surface area is 153 Å². The lowest BCUT2D eigenvalue weighted by molar-refractivity contribution is -0.136. The second-order valence-electron chi connectivity index (χ2n) is 5.88. The quantitative estimate of drug-likeness (QED) is 0.668. The summed E-state index contributed by atoms with van der Waals surface area (Å²) in [6, 6.07) is 27.6. The average Bonchev–Trinajstić information content (AvgIpc) is 2.67. The Hall–Kier alpha value is -3.33. The molecule has 0 atom stereocenters. The highest BCUT2D eigenvalue weighted by Gasteiger charge is 2.04. The molecule has 3 aromatic rings. The normalized spacial score (nSPS) is 10.2. The molecule has 0 amide bonds. The molecule has 0 unspecified atom stereocenters. The van der Waals surface area contributed by atoms with Gasteiger partial charge in [0.15, 0.2) is 0 Å². The molecule has 0 aliphatic heterocycles. The fraction of sp³-hybridized carbons (Fsp3) is 0.0870. The summed E-state index contributed by atoms with van der Waals surface area (Å²) in [6.45, 7) is 0.428. The Bertz CT molecular complexity index is 825. The molecule has 26 heavy (non-hydrogen) atoms. The Kier molecular flexibility index (Phi) is 5.84. The summed E-state index contributed by atoms with van der Waals surface area (Å²) in [6.07, 6.45) is 2.09. The molecule has 0 aliphatic rings. The maximum atomic E-state index is 10.7. The van der Waals surface area contributed by atoms with Gasteiger partial charge < -0.3 is 9.84 Å². The van der Waals surface area contributed by atoms with E-state index in [-0.39, 0.29) is 6.42 Å². The SMILES string of the molecule is O=C(O)Cc1ccc(OCC=C(c2ccccc2)c2ccccc2)cc1. The van der Waals surface area contributed by atoms with E-state index >= 15 is 0 Å². The fourth-order valence-corrected chi connectivity index (χ4v) is 2.74. The molecular formula is C23H20O3. The summed E-state index contributed by atoms with van der Waals surface area (Å²) < 4.78 is 5.82. The van der Waals surface area contributed by atoms with Gasteiger partial charge in [0.05, 0.1) is 6.42 Å². The smallest absolute Gasteiger partial charge is 0.307 e. The molecule has 3 aromatic carbocycles. The molecule has 0 saturated carbocycles. The maximum absolute atomic E-state index is 10.7. The number of rotatable bonds is 7. The number of aliphatic carboxylic acids is 1. The van der Waals surface area contributed by atoms with Gasteiger partial charge in [0.2, 0.25) is 0 Å². The topological polar surface area (TPSA) is 46.5 Å². The first-order chi connectivity index (χ1) is 12.7. The predicted octanol–water partition coefficient (Wildman–Crippen LogP) is 4.82. The van der Waals surface area contributed by atoms with E-state index in [1.807, 2.05) is 36.4 Å². The van der Waals surface area contributed by atoms with Crippen LogP contribution in [0.5, 0.6) is 5.75 Å². The Balaban J connectivity index is 1.74. The highest BCUT2D eigenvalue weighted by Crippen LogP contribution is 2.23. The van der Waals surface area contributed by atoms with Crippen LogP contribution in [0.1, 0.15) is 16.7 Å². The van der Waals surface area contributed by atoms with Gasteiger partial charge in [-0.25, -0.2) is 0 Å². The lowest BCUT2D eigenvalue weighted by Crippen LogP contribution is -2.00. The molecule has 0 bridgehead atoms. The Morgan fingerprint density at radius 1 is 0.808 bits per heavy atom. The van der Waals surface area contributed by atoms with Crippen LogP contribution in [0.3, 0.4) is 0 Å². The van der Waals surface area contributed by atoms with Crippen molar-refractivity contribution in [1.29, 1.82) is 0 Å². The van der Waals surface area contributed by atoms with Crippen LogP contribution in [-0.2, 0) is 11.2 Å². The third kappa shape index (κ3) is 4.84. The van der Waals surface area contributed by atoms with Crippen LogP contribution in [0.15, 0.2) is 91.0 Å². The zero-order valence-corrected chi connectivity index (χ0v) is 14.3. The van der Waals surface area contributed by atoms with E-state index in [0.29, 0.717) is 6.61 Å². The van der Waals surface area contributed by atoms with Crippen molar-refractivity contribution in [3.8, 4) is 5.75 Å². The molecule has 0 spiro atoms. The van der Waals surface area contributed by atoms with Gasteiger partial charge in [-0.2, -0.15) is 0 Å². The van der Waals surface area contributed by atoms with Crippen molar-refractivity contribution >= 4 is 11.5 Å². The number of ether oxygens (including phenoxy) is 1. The molecule has 130 valence electrons. The third-order valence-corrected chi connectivity index (χ3v) is 3.99. The molecule has 0 aromatic heterocycles. The van der Waals surface area contributed by atoms with Gasteiger partial charge in [-0.05, 0) is 40.5 Å². The van der Waals surface area contributed by atoms with E-state index in [9.17, 15) is 4.79 Å². The minimum absolute atomic E-state index is 0.0202. The third-order valence-electron chi connectivity index (χ3n) is 3.99. The van der Waals surface area contributed by atoms with Gasteiger partial charge in [-0.3, -0.25) is 4.79 Å². The van der Waals surface area contributed by atoms with Crippen molar-refractivity contribution < 1.29 is 14.6 Å². The zero-order chi connectivity index (χ0) is 18.2. The van der Waals surface area contributed by atoms with E-state index < -0.39 is 5.97 Å². The lowest BCUT2D eigenvalue weighted by Gasteiger charge is -2.10. The fourth-order valence-electron chi connectivity index (χ4n) is 2.74. The number of carboxylic acid groups (broad SMARTS) is 1. The average molecular weight is 344 g/mol. The van der Waals surface area contributed by atoms with Gasteiger partial charge in [-0.15, -0.1) is 0 Å². The molecule has 0 aliphatic carbocycles. The Morgan fingerprint density at radius 3 is 1.85 bits per heavy atom. The maximum Gasteiger partial charge on any atom is 0.307 e. The zero-order valence-electron chi connectivity index (χ0n) is 14.3. The summed E-state index contributed by atoms with van der Waals surface area (Å²) in [7, 11) is 0. The number of hydrogen-bond acceptors (Lipinski definition) is 2. The predicted molar refractivity (Wildman–Crippen MR) is 103 cm³/mol. The summed E-state index contributed by atoms with van der Waals surface area (Å²) in [5.41, 5.74) is 4.15. The van der Waals surface area contributed by atoms with Crippen molar-refractivity contribution in [1.82, 2.24) is 0 Å². The van der Waals surface area contributed by atoms with Crippen molar-refractivity contribution in [3.05, 3.63) is 108 Å². The summed E-state index contributed by atoms with van der Waals surface area (Å²) >= 11 is 0. The molecule has 3 nitrogen and oxygen atoms in total. The van der Waals surface area contributed by atoms with E-state index in [4.69, 9.17) is 9.84 Å². The van der Waals surface area contributed by atoms with Crippen molar-refractivity contribution in [2.75, 3.05) is 6.61 Å². The second-order valence-corrected chi connectivity index (χ2v) is 5.88. The van der Waals surface area contributed by atoms with E-state index in [1.54, 1.807) is 24.3 Å². The number of hydrogen-bond donors (Lipinski definition) is 1. The van der Waals surface area contributed by atoms with Crippen LogP contribution < -0.4 is 4.74 Å². The molecule has 3 heteroatoms.